The average molecular weight is 322 g/mol. The molecule has 15 heavy (non-hydrogen) atoms. The second-order valence-corrected chi connectivity index (χ2v) is 4.83. The predicted octanol–water partition coefficient (Wildman–Crippen LogP) is 3.34. The molecule has 86 valence electrons. The van der Waals surface area contributed by atoms with Gasteiger partial charge in [0, 0.05) is 29.2 Å². The summed E-state index contributed by atoms with van der Waals surface area (Å²) in [5.74, 6) is 3.70. The van der Waals surface area contributed by atoms with Gasteiger partial charge < -0.3 is 9.47 Å². The first-order valence-electron chi connectivity index (χ1n) is 5.60. The van der Waals surface area contributed by atoms with E-state index in [4.69, 9.17) is 9.47 Å². The van der Waals surface area contributed by atoms with Gasteiger partial charge in [0.05, 0.1) is 0 Å². The molecule has 2 atom stereocenters. The van der Waals surface area contributed by atoms with Gasteiger partial charge in [-0.2, -0.15) is 0 Å². The van der Waals surface area contributed by atoms with E-state index in [1.807, 2.05) is 0 Å². The molecular weight excluding hydrogens is 303 g/mol. The third-order valence-electron chi connectivity index (χ3n) is 2.35. The van der Waals surface area contributed by atoms with E-state index >= 15 is 0 Å². The average Bonchev–Trinajstić information content (AvgIpc) is 2.18. The SMILES string of the molecule is CC(C)CC(C#CI)OC1CCCCO1. The molecule has 0 aromatic heterocycles. The van der Waals surface area contributed by atoms with Gasteiger partial charge >= 0.3 is 0 Å². The molecule has 1 heterocycles. The van der Waals surface area contributed by atoms with Gasteiger partial charge in [0.15, 0.2) is 6.29 Å². The van der Waals surface area contributed by atoms with Crippen LogP contribution in [0, 0.1) is 15.8 Å². The molecule has 1 aliphatic rings. The molecule has 0 N–H and O–H groups in total. The minimum Gasteiger partial charge on any atom is -0.353 e. The van der Waals surface area contributed by atoms with Crippen LogP contribution in [0.4, 0.5) is 0 Å². The molecule has 0 amide bonds. The molecule has 2 nitrogen and oxygen atoms in total. The Balaban J connectivity index is 2.37. The van der Waals surface area contributed by atoms with Crippen molar-refractivity contribution in [1.29, 1.82) is 0 Å². The van der Waals surface area contributed by atoms with Crippen molar-refractivity contribution in [2.24, 2.45) is 5.92 Å². The fraction of sp³-hybridized carbons (Fsp3) is 0.833. The molecule has 0 aromatic carbocycles. The summed E-state index contributed by atoms with van der Waals surface area (Å²) in [7, 11) is 0. The van der Waals surface area contributed by atoms with E-state index in [0.717, 1.165) is 25.9 Å². The highest BCUT2D eigenvalue weighted by atomic mass is 127. The zero-order valence-corrected chi connectivity index (χ0v) is 11.6. The first-order valence-corrected chi connectivity index (χ1v) is 6.68. The van der Waals surface area contributed by atoms with E-state index < -0.39 is 0 Å². The zero-order valence-electron chi connectivity index (χ0n) is 9.46. The zero-order chi connectivity index (χ0) is 11.1. The molecule has 1 fully saturated rings. The summed E-state index contributed by atoms with van der Waals surface area (Å²) in [4.78, 5) is 0. The fourth-order valence-electron chi connectivity index (χ4n) is 1.64. The minimum absolute atomic E-state index is 0.0280. The highest BCUT2D eigenvalue weighted by molar-refractivity contribution is 14.1. The Hall–Kier alpha value is 0.210. The summed E-state index contributed by atoms with van der Waals surface area (Å²) >= 11 is 2.06. The third kappa shape index (κ3) is 5.74. The van der Waals surface area contributed by atoms with Gasteiger partial charge in [-0.1, -0.05) is 19.8 Å². The van der Waals surface area contributed by atoms with Crippen molar-refractivity contribution in [2.45, 2.75) is 51.9 Å². The van der Waals surface area contributed by atoms with Gasteiger partial charge in [-0.3, -0.25) is 0 Å². The second kappa shape index (κ2) is 7.48. The Labute approximate surface area is 106 Å². The Morgan fingerprint density at radius 3 is 2.80 bits per heavy atom. The van der Waals surface area contributed by atoms with Gasteiger partial charge in [0.2, 0.25) is 0 Å². The summed E-state index contributed by atoms with van der Waals surface area (Å²) in [5.41, 5.74) is 0. The number of hydrogen-bond acceptors (Lipinski definition) is 2. The molecule has 1 saturated heterocycles. The quantitative estimate of drug-likeness (QED) is 0.584. The largest absolute Gasteiger partial charge is 0.353 e. The normalized spacial score (nSPS) is 23.3. The highest BCUT2D eigenvalue weighted by Gasteiger charge is 2.19. The molecule has 1 rings (SSSR count). The number of rotatable bonds is 4. The summed E-state index contributed by atoms with van der Waals surface area (Å²) < 4.78 is 14.3. The van der Waals surface area contributed by atoms with Gasteiger partial charge in [0.25, 0.3) is 0 Å². The third-order valence-corrected chi connectivity index (χ3v) is 2.67. The van der Waals surface area contributed by atoms with Gasteiger partial charge in [-0.05, 0) is 35.5 Å². The van der Waals surface area contributed by atoms with Crippen LogP contribution in [0.15, 0.2) is 0 Å². The molecule has 2 unspecified atom stereocenters. The van der Waals surface area contributed by atoms with Crippen LogP contribution in [-0.2, 0) is 9.47 Å². The Bertz CT molecular complexity index is 224. The highest BCUT2D eigenvalue weighted by Crippen LogP contribution is 2.18. The summed E-state index contributed by atoms with van der Waals surface area (Å²) in [6.07, 6.45) is 4.36. The molecule has 0 radical (unpaired) electrons. The van der Waals surface area contributed by atoms with E-state index in [0.29, 0.717) is 5.92 Å². The predicted molar refractivity (Wildman–Crippen MR) is 69.7 cm³/mol. The maximum absolute atomic E-state index is 5.84. The van der Waals surface area contributed by atoms with Crippen molar-refractivity contribution in [3.05, 3.63) is 0 Å². The van der Waals surface area contributed by atoms with Crippen LogP contribution in [0.2, 0.25) is 0 Å². The number of halogens is 1. The van der Waals surface area contributed by atoms with Crippen LogP contribution >= 0.6 is 22.6 Å². The maximum atomic E-state index is 5.84. The van der Waals surface area contributed by atoms with Crippen LogP contribution in [0.5, 0.6) is 0 Å². The lowest BCUT2D eigenvalue weighted by Gasteiger charge is -2.26. The van der Waals surface area contributed by atoms with Crippen molar-refractivity contribution in [3.63, 3.8) is 0 Å². The van der Waals surface area contributed by atoms with Crippen LogP contribution in [-0.4, -0.2) is 19.0 Å². The molecule has 0 spiro atoms. The van der Waals surface area contributed by atoms with Crippen molar-refractivity contribution in [3.8, 4) is 9.85 Å². The Morgan fingerprint density at radius 2 is 2.27 bits per heavy atom. The lowest BCUT2D eigenvalue weighted by Crippen LogP contribution is -2.28. The lowest BCUT2D eigenvalue weighted by molar-refractivity contribution is -0.178. The van der Waals surface area contributed by atoms with E-state index in [1.165, 1.54) is 6.42 Å². The summed E-state index contributed by atoms with van der Waals surface area (Å²) in [6.45, 7) is 5.21. The van der Waals surface area contributed by atoms with Gasteiger partial charge in [-0.15, -0.1) is 0 Å². The molecule has 1 aliphatic heterocycles. The van der Waals surface area contributed by atoms with Crippen molar-refractivity contribution in [2.75, 3.05) is 6.61 Å². The fourth-order valence-corrected chi connectivity index (χ4v) is 1.99. The van der Waals surface area contributed by atoms with Crippen molar-refractivity contribution < 1.29 is 9.47 Å². The van der Waals surface area contributed by atoms with Crippen LogP contribution in [0.25, 0.3) is 0 Å². The maximum Gasteiger partial charge on any atom is 0.159 e. The minimum atomic E-state index is -0.0280. The summed E-state index contributed by atoms with van der Waals surface area (Å²) in [5, 5.41) is 0. The Kier molecular flexibility index (Phi) is 6.62. The topological polar surface area (TPSA) is 18.5 Å². The first kappa shape index (κ1) is 13.3. The summed E-state index contributed by atoms with van der Waals surface area (Å²) in [6, 6.07) is 0. The molecule has 0 aliphatic carbocycles. The number of ether oxygens (including phenoxy) is 2. The van der Waals surface area contributed by atoms with E-state index in [9.17, 15) is 0 Å². The van der Waals surface area contributed by atoms with Crippen LogP contribution < -0.4 is 0 Å². The van der Waals surface area contributed by atoms with Crippen LogP contribution in [0.3, 0.4) is 0 Å². The molecule has 0 bridgehead atoms. The van der Waals surface area contributed by atoms with E-state index in [-0.39, 0.29) is 12.4 Å². The standard InChI is InChI=1S/C12H19IO2/c1-10(2)9-11(6-7-13)15-12-5-3-4-8-14-12/h10-12H,3-5,8-9H2,1-2H3. The molecule has 0 saturated carbocycles. The number of hydrogen-bond donors (Lipinski definition) is 0. The Morgan fingerprint density at radius 1 is 1.47 bits per heavy atom. The monoisotopic (exact) mass is 322 g/mol. The van der Waals surface area contributed by atoms with E-state index in [2.05, 4.69) is 46.3 Å². The molecular formula is C12H19IO2. The second-order valence-electron chi connectivity index (χ2n) is 4.29. The van der Waals surface area contributed by atoms with Crippen molar-refractivity contribution >= 4 is 22.6 Å². The van der Waals surface area contributed by atoms with Crippen LogP contribution in [0.1, 0.15) is 39.5 Å². The smallest absolute Gasteiger partial charge is 0.159 e. The first-order chi connectivity index (χ1) is 7.22. The van der Waals surface area contributed by atoms with Gasteiger partial charge in [-0.25, -0.2) is 0 Å². The van der Waals surface area contributed by atoms with Gasteiger partial charge in [0.1, 0.15) is 6.10 Å². The van der Waals surface area contributed by atoms with Crippen molar-refractivity contribution in [1.82, 2.24) is 0 Å². The molecule has 3 heteroatoms. The van der Waals surface area contributed by atoms with E-state index in [1.54, 1.807) is 0 Å². The molecule has 0 aromatic rings. The lowest BCUT2D eigenvalue weighted by atomic mass is 10.1.